The number of aryl methyl sites for hydroxylation is 2. The molecule has 0 radical (unpaired) electrons. The van der Waals surface area contributed by atoms with Gasteiger partial charge < -0.3 is 5.32 Å². The van der Waals surface area contributed by atoms with Crippen LogP contribution < -0.4 is 5.32 Å². The fourth-order valence-corrected chi connectivity index (χ4v) is 1.77. The number of rotatable bonds is 6. The van der Waals surface area contributed by atoms with Gasteiger partial charge in [0.25, 0.3) is 0 Å². The average Bonchev–Trinajstić information content (AvgIpc) is 2.49. The summed E-state index contributed by atoms with van der Waals surface area (Å²) in [6.45, 7) is 11.6. The van der Waals surface area contributed by atoms with Crippen LogP contribution in [0.2, 0.25) is 0 Å². The Kier molecular flexibility index (Phi) is 4.82. The summed E-state index contributed by atoms with van der Waals surface area (Å²) in [4.78, 5) is 0. The number of hydrogen-bond acceptors (Lipinski definition) is 2. The first-order valence-corrected chi connectivity index (χ1v) is 5.94. The Labute approximate surface area is 92.9 Å². The van der Waals surface area contributed by atoms with E-state index in [1.54, 1.807) is 0 Å². The molecule has 0 saturated carbocycles. The van der Waals surface area contributed by atoms with Gasteiger partial charge in [-0.25, -0.2) is 0 Å². The zero-order chi connectivity index (χ0) is 11.3. The van der Waals surface area contributed by atoms with Crippen LogP contribution in [0.1, 0.15) is 43.6 Å². The molecule has 1 aromatic heterocycles. The predicted molar refractivity (Wildman–Crippen MR) is 64.0 cm³/mol. The predicted octanol–water partition coefficient (Wildman–Crippen LogP) is 2.41. The maximum Gasteiger partial charge on any atom is 0.0641 e. The molecule has 1 heterocycles. The van der Waals surface area contributed by atoms with Gasteiger partial charge in [-0.2, -0.15) is 5.10 Å². The molecule has 3 heteroatoms. The highest BCUT2D eigenvalue weighted by molar-refractivity contribution is 5.24. The Balaban J connectivity index is 2.74. The van der Waals surface area contributed by atoms with Crippen molar-refractivity contribution in [3.05, 3.63) is 17.0 Å². The second-order valence-corrected chi connectivity index (χ2v) is 4.01. The number of nitrogens with zero attached hydrogens (tertiary/aromatic N) is 2. The first-order valence-electron chi connectivity index (χ1n) is 5.94. The Bertz CT molecular complexity index is 302. The standard InChI is InChI=1S/C12H23N3/c1-5-7-8-15-11(4)12(9-13-6-2)10(3)14-15/h13H,5-9H2,1-4H3. The first-order chi connectivity index (χ1) is 7.20. The van der Waals surface area contributed by atoms with Crippen LogP contribution in [0, 0.1) is 13.8 Å². The van der Waals surface area contributed by atoms with E-state index in [1.165, 1.54) is 29.8 Å². The van der Waals surface area contributed by atoms with Crippen molar-refractivity contribution in [3.8, 4) is 0 Å². The van der Waals surface area contributed by atoms with E-state index in [-0.39, 0.29) is 0 Å². The Morgan fingerprint density at radius 3 is 2.60 bits per heavy atom. The molecular weight excluding hydrogens is 186 g/mol. The van der Waals surface area contributed by atoms with Gasteiger partial charge in [-0.05, 0) is 26.8 Å². The molecule has 0 aliphatic heterocycles. The Morgan fingerprint density at radius 2 is 2.00 bits per heavy atom. The molecule has 0 spiro atoms. The van der Waals surface area contributed by atoms with Gasteiger partial charge >= 0.3 is 0 Å². The fourth-order valence-electron chi connectivity index (χ4n) is 1.77. The van der Waals surface area contributed by atoms with E-state index >= 15 is 0 Å². The van der Waals surface area contributed by atoms with E-state index in [0.717, 1.165) is 19.6 Å². The largest absolute Gasteiger partial charge is 0.313 e. The summed E-state index contributed by atoms with van der Waals surface area (Å²) in [5, 5.41) is 7.94. The molecule has 0 aliphatic carbocycles. The third-order valence-electron chi connectivity index (χ3n) is 2.81. The van der Waals surface area contributed by atoms with Gasteiger partial charge in [-0.15, -0.1) is 0 Å². The van der Waals surface area contributed by atoms with Crippen molar-refractivity contribution in [2.24, 2.45) is 0 Å². The number of nitrogens with one attached hydrogen (secondary N) is 1. The lowest BCUT2D eigenvalue weighted by atomic mass is 10.2. The maximum absolute atomic E-state index is 4.58. The van der Waals surface area contributed by atoms with E-state index in [9.17, 15) is 0 Å². The van der Waals surface area contributed by atoms with Crippen molar-refractivity contribution in [3.63, 3.8) is 0 Å². The number of aromatic nitrogens is 2. The minimum Gasteiger partial charge on any atom is -0.313 e. The minimum absolute atomic E-state index is 0.945. The maximum atomic E-state index is 4.58. The zero-order valence-electron chi connectivity index (χ0n) is 10.4. The summed E-state index contributed by atoms with van der Waals surface area (Å²) in [5.74, 6) is 0. The number of hydrogen-bond donors (Lipinski definition) is 1. The fraction of sp³-hybridized carbons (Fsp3) is 0.750. The highest BCUT2D eigenvalue weighted by atomic mass is 15.3. The van der Waals surface area contributed by atoms with Crippen LogP contribution >= 0.6 is 0 Å². The van der Waals surface area contributed by atoms with Crippen molar-refractivity contribution < 1.29 is 0 Å². The van der Waals surface area contributed by atoms with Crippen LogP contribution in [-0.4, -0.2) is 16.3 Å². The van der Waals surface area contributed by atoms with Gasteiger partial charge in [0.1, 0.15) is 0 Å². The molecule has 0 unspecified atom stereocenters. The van der Waals surface area contributed by atoms with E-state index in [4.69, 9.17) is 0 Å². The smallest absolute Gasteiger partial charge is 0.0641 e. The summed E-state index contributed by atoms with van der Waals surface area (Å²) < 4.78 is 2.14. The third-order valence-corrected chi connectivity index (χ3v) is 2.81. The van der Waals surface area contributed by atoms with E-state index in [0.29, 0.717) is 0 Å². The van der Waals surface area contributed by atoms with Crippen molar-refractivity contribution >= 4 is 0 Å². The topological polar surface area (TPSA) is 29.9 Å². The molecule has 0 atom stereocenters. The van der Waals surface area contributed by atoms with Crippen molar-refractivity contribution in [2.45, 2.75) is 53.6 Å². The molecule has 3 nitrogen and oxygen atoms in total. The number of unbranched alkanes of at least 4 members (excludes halogenated alkanes) is 1. The van der Waals surface area contributed by atoms with Crippen molar-refractivity contribution in [1.29, 1.82) is 0 Å². The Hall–Kier alpha value is -0.830. The van der Waals surface area contributed by atoms with Gasteiger partial charge in [0.15, 0.2) is 0 Å². The molecule has 1 aromatic rings. The molecular formula is C12H23N3. The van der Waals surface area contributed by atoms with E-state index < -0.39 is 0 Å². The molecule has 0 aromatic carbocycles. The molecule has 0 aliphatic rings. The molecule has 0 amide bonds. The molecule has 15 heavy (non-hydrogen) atoms. The highest BCUT2D eigenvalue weighted by Gasteiger charge is 2.09. The molecule has 0 saturated heterocycles. The van der Waals surface area contributed by atoms with Crippen LogP contribution in [0.15, 0.2) is 0 Å². The molecule has 0 bridgehead atoms. The van der Waals surface area contributed by atoms with Crippen LogP contribution in [0.25, 0.3) is 0 Å². The van der Waals surface area contributed by atoms with Crippen LogP contribution in [0.3, 0.4) is 0 Å². The second kappa shape index (κ2) is 5.91. The van der Waals surface area contributed by atoms with Gasteiger partial charge in [0, 0.05) is 24.3 Å². The van der Waals surface area contributed by atoms with Gasteiger partial charge in [0.2, 0.25) is 0 Å². The van der Waals surface area contributed by atoms with Crippen molar-refractivity contribution in [2.75, 3.05) is 6.54 Å². The highest BCUT2D eigenvalue weighted by Crippen LogP contribution is 2.13. The van der Waals surface area contributed by atoms with Crippen LogP contribution in [0.4, 0.5) is 0 Å². The van der Waals surface area contributed by atoms with Crippen molar-refractivity contribution in [1.82, 2.24) is 15.1 Å². The lowest BCUT2D eigenvalue weighted by Crippen LogP contribution is -2.13. The first kappa shape index (κ1) is 12.2. The lowest BCUT2D eigenvalue weighted by molar-refractivity contribution is 0.555. The van der Waals surface area contributed by atoms with Gasteiger partial charge in [-0.3, -0.25) is 4.68 Å². The lowest BCUT2D eigenvalue weighted by Gasteiger charge is -2.04. The van der Waals surface area contributed by atoms with Gasteiger partial charge in [0.05, 0.1) is 5.69 Å². The quantitative estimate of drug-likeness (QED) is 0.779. The molecule has 1 N–H and O–H groups in total. The summed E-state index contributed by atoms with van der Waals surface area (Å²) in [6.07, 6.45) is 2.43. The average molecular weight is 209 g/mol. The van der Waals surface area contributed by atoms with Crippen LogP contribution in [-0.2, 0) is 13.1 Å². The summed E-state index contributed by atoms with van der Waals surface area (Å²) in [6, 6.07) is 0. The monoisotopic (exact) mass is 209 g/mol. The second-order valence-electron chi connectivity index (χ2n) is 4.01. The molecule has 1 rings (SSSR count). The zero-order valence-corrected chi connectivity index (χ0v) is 10.4. The van der Waals surface area contributed by atoms with Gasteiger partial charge in [-0.1, -0.05) is 20.3 Å². The summed E-state index contributed by atoms with van der Waals surface area (Å²) >= 11 is 0. The Morgan fingerprint density at radius 1 is 1.27 bits per heavy atom. The normalized spacial score (nSPS) is 10.9. The SMILES string of the molecule is CCCCn1nc(C)c(CNCC)c1C. The minimum atomic E-state index is 0.945. The summed E-state index contributed by atoms with van der Waals surface area (Å²) in [5.41, 5.74) is 3.86. The van der Waals surface area contributed by atoms with E-state index in [1.807, 2.05) is 0 Å². The summed E-state index contributed by atoms with van der Waals surface area (Å²) in [7, 11) is 0. The third kappa shape index (κ3) is 3.06. The van der Waals surface area contributed by atoms with Crippen LogP contribution in [0.5, 0.6) is 0 Å². The molecule has 86 valence electrons. The van der Waals surface area contributed by atoms with E-state index in [2.05, 4.69) is 42.8 Å². The molecule has 0 fully saturated rings.